The maximum atomic E-state index is 12.2. The number of carbonyl (C=O) groups is 1. The average molecular weight is 469 g/mol. The number of aromatic hydroxyl groups is 1. The van der Waals surface area contributed by atoms with E-state index in [9.17, 15) is 19.8 Å². The van der Waals surface area contributed by atoms with Gasteiger partial charge in [0, 0.05) is 13.0 Å². The van der Waals surface area contributed by atoms with Crippen LogP contribution in [0.25, 0.3) is 0 Å². The molecule has 8 nitrogen and oxygen atoms in total. The summed E-state index contributed by atoms with van der Waals surface area (Å²) in [6.45, 7) is 0.725. The van der Waals surface area contributed by atoms with Crippen LogP contribution in [0.15, 0.2) is 59.4 Å². The Labute approximate surface area is 198 Å². The molecule has 2 aromatic carbocycles. The molecule has 0 amide bonds. The quantitative estimate of drug-likeness (QED) is 0.263. The topological polar surface area (TPSA) is 125 Å². The minimum Gasteiger partial charge on any atom is -0.493 e. The predicted molar refractivity (Wildman–Crippen MR) is 128 cm³/mol. The highest BCUT2D eigenvalue weighted by molar-refractivity contribution is 5.66. The predicted octanol–water partition coefficient (Wildman–Crippen LogP) is 4.16. The van der Waals surface area contributed by atoms with E-state index in [-0.39, 0.29) is 18.8 Å². The van der Waals surface area contributed by atoms with Gasteiger partial charge in [0.2, 0.25) is 5.88 Å². The number of benzene rings is 2. The van der Waals surface area contributed by atoms with Crippen LogP contribution in [0.4, 0.5) is 0 Å². The van der Waals surface area contributed by atoms with E-state index in [0.29, 0.717) is 37.3 Å². The van der Waals surface area contributed by atoms with Crippen molar-refractivity contribution in [1.82, 2.24) is 9.55 Å². The van der Waals surface area contributed by atoms with Crippen molar-refractivity contribution >= 4 is 5.97 Å². The number of carboxylic acid groups (broad SMARTS) is 1. The van der Waals surface area contributed by atoms with Gasteiger partial charge >= 0.3 is 11.7 Å². The Hall–Kier alpha value is -3.52. The third kappa shape index (κ3) is 7.52. The molecule has 8 heteroatoms. The van der Waals surface area contributed by atoms with Crippen LogP contribution >= 0.6 is 0 Å². The highest BCUT2D eigenvalue weighted by Gasteiger charge is 2.15. The molecule has 1 aromatic heterocycles. The third-order valence-electron chi connectivity index (χ3n) is 5.76. The first-order valence-corrected chi connectivity index (χ1v) is 11.6. The normalized spacial score (nSPS) is 11.9. The van der Waals surface area contributed by atoms with Gasteiger partial charge in [0.25, 0.3) is 0 Å². The van der Waals surface area contributed by atoms with Gasteiger partial charge in [-0.15, -0.1) is 0 Å². The Kier molecular flexibility index (Phi) is 9.34. The minimum absolute atomic E-state index is 0.148. The monoisotopic (exact) mass is 468 g/mol. The molecule has 34 heavy (non-hydrogen) atoms. The summed E-state index contributed by atoms with van der Waals surface area (Å²) in [5.74, 6) is -0.243. The number of carboxylic acids is 1. The van der Waals surface area contributed by atoms with Gasteiger partial charge in [-0.25, -0.2) is 4.79 Å². The molecule has 0 bridgehead atoms. The van der Waals surface area contributed by atoms with E-state index >= 15 is 0 Å². The van der Waals surface area contributed by atoms with Crippen LogP contribution in [0.1, 0.15) is 61.4 Å². The van der Waals surface area contributed by atoms with Crippen LogP contribution in [-0.2, 0) is 24.4 Å². The first-order chi connectivity index (χ1) is 16.4. The minimum atomic E-state index is -0.801. The number of ether oxygens (including phenoxy) is 1. The molecule has 1 atom stereocenters. The molecule has 182 valence electrons. The van der Waals surface area contributed by atoms with E-state index in [1.807, 2.05) is 42.5 Å². The largest absolute Gasteiger partial charge is 0.493 e. The van der Waals surface area contributed by atoms with Gasteiger partial charge in [0.15, 0.2) is 0 Å². The summed E-state index contributed by atoms with van der Waals surface area (Å²) >= 11 is 0. The van der Waals surface area contributed by atoms with Crippen LogP contribution < -0.4 is 10.4 Å². The molecular formula is C26H32N2O6. The number of aromatic amines is 1. The first-order valence-electron chi connectivity index (χ1n) is 11.6. The van der Waals surface area contributed by atoms with Crippen molar-refractivity contribution in [3.8, 4) is 11.6 Å². The molecular weight excluding hydrogens is 436 g/mol. The number of hydrogen-bond donors (Lipinski definition) is 4. The number of rotatable bonds is 14. The lowest BCUT2D eigenvalue weighted by Gasteiger charge is -2.14. The molecule has 0 saturated heterocycles. The summed E-state index contributed by atoms with van der Waals surface area (Å²) in [4.78, 5) is 25.2. The van der Waals surface area contributed by atoms with Crippen LogP contribution in [0.5, 0.6) is 11.6 Å². The number of unbranched alkanes of at least 4 members (excludes halogenated alkanes) is 3. The molecule has 0 aliphatic carbocycles. The summed E-state index contributed by atoms with van der Waals surface area (Å²) in [5, 5.41) is 29.4. The second-order valence-electron chi connectivity index (χ2n) is 8.33. The number of hydrogen-bond acceptors (Lipinski definition) is 5. The highest BCUT2D eigenvalue weighted by Crippen LogP contribution is 2.23. The maximum Gasteiger partial charge on any atom is 0.328 e. The van der Waals surface area contributed by atoms with Crippen molar-refractivity contribution in [2.75, 3.05) is 0 Å². The maximum absolute atomic E-state index is 12.2. The molecule has 0 aliphatic heterocycles. The molecule has 0 radical (unpaired) electrons. The lowest BCUT2D eigenvalue weighted by molar-refractivity contribution is -0.137. The fourth-order valence-corrected chi connectivity index (χ4v) is 3.85. The van der Waals surface area contributed by atoms with Crippen LogP contribution in [-0.4, -0.2) is 30.8 Å². The number of nitrogens with zero attached hydrogens (tertiary/aromatic N) is 1. The molecule has 0 spiro atoms. The number of aliphatic hydroxyl groups is 1. The van der Waals surface area contributed by atoms with E-state index in [2.05, 4.69) is 4.98 Å². The fraction of sp³-hybridized carbons (Fsp3) is 0.385. The van der Waals surface area contributed by atoms with Crippen molar-refractivity contribution in [2.45, 2.75) is 64.2 Å². The average Bonchev–Trinajstić information content (AvgIpc) is 3.11. The smallest absolute Gasteiger partial charge is 0.328 e. The van der Waals surface area contributed by atoms with Crippen molar-refractivity contribution in [1.29, 1.82) is 0 Å². The van der Waals surface area contributed by atoms with Crippen LogP contribution in [0.3, 0.4) is 0 Å². The van der Waals surface area contributed by atoms with E-state index in [0.717, 1.165) is 30.4 Å². The van der Waals surface area contributed by atoms with Crippen LogP contribution in [0, 0.1) is 0 Å². The molecule has 0 aliphatic rings. The summed E-state index contributed by atoms with van der Waals surface area (Å²) in [5.41, 5.74) is 1.90. The van der Waals surface area contributed by atoms with Gasteiger partial charge < -0.3 is 20.1 Å². The lowest BCUT2D eigenvalue weighted by Crippen LogP contribution is -2.20. The Morgan fingerprint density at radius 1 is 1.00 bits per heavy atom. The van der Waals surface area contributed by atoms with Gasteiger partial charge in [0.1, 0.15) is 12.4 Å². The van der Waals surface area contributed by atoms with Gasteiger partial charge in [-0.2, -0.15) is 0 Å². The third-order valence-corrected chi connectivity index (χ3v) is 5.76. The molecule has 4 N–H and O–H groups in total. The molecule has 1 unspecified atom stereocenters. The summed E-state index contributed by atoms with van der Waals surface area (Å²) in [7, 11) is 0. The Morgan fingerprint density at radius 2 is 1.71 bits per heavy atom. The molecule has 3 aromatic rings. The number of nitrogens with one attached hydrogen (secondary N) is 1. The fourth-order valence-electron chi connectivity index (χ4n) is 3.85. The summed E-state index contributed by atoms with van der Waals surface area (Å²) in [6.07, 6.45) is 3.14. The highest BCUT2D eigenvalue weighted by atomic mass is 16.5. The van der Waals surface area contributed by atoms with E-state index in [1.165, 1.54) is 4.57 Å². The zero-order valence-electron chi connectivity index (χ0n) is 19.2. The SMILES string of the molecule is O=C(O)CCCCCCc1c(O)[nH]c(=O)n1CCC(O)c1ccc(OCc2ccccc2)cc1. The Bertz CT molecular complexity index is 1090. The zero-order valence-corrected chi connectivity index (χ0v) is 19.2. The summed E-state index contributed by atoms with van der Waals surface area (Å²) in [6, 6.07) is 17.1. The van der Waals surface area contributed by atoms with Gasteiger partial charge in [-0.3, -0.25) is 14.3 Å². The van der Waals surface area contributed by atoms with Crippen LogP contribution in [0.2, 0.25) is 0 Å². The number of aromatic nitrogens is 2. The van der Waals surface area contributed by atoms with Crippen molar-refractivity contribution in [3.05, 3.63) is 81.9 Å². The van der Waals surface area contributed by atoms with Crippen molar-refractivity contribution in [2.24, 2.45) is 0 Å². The summed E-state index contributed by atoms with van der Waals surface area (Å²) < 4.78 is 7.24. The molecule has 1 heterocycles. The lowest BCUT2D eigenvalue weighted by atomic mass is 10.1. The first kappa shape index (κ1) is 25.1. The van der Waals surface area contributed by atoms with E-state index < -0.39 is 17.8 Å². The second-order valence-corrected chi connectivity index (χ2v) is 8.33. The standard InChI is InChI=1S/C26H32N2O6/c29-23(20-12-14-21(15-13-20)34-18-19-8-4-3-5-9-19)16-17-28-22(25(32)27-26(28)33)10-6-1-2-7-11-24(30)31/h3-5,8-9,12-15,23,29,32H,1-2,6-7,10-11,16-18H2,(H,27,33)(H,30,31). The molecule has 0 fully saturated rings. The molecule has 0 saturated carbocycles. The second kappa shape index (κ2) is 12.6. The van der Waals surface area contributed by atoms with Gasteiger partial charge in [-0.1, -0.05) is 55.3 Å². The number of aliphatic hydroxyl groups excluding tert-OH is 1. The number of H-pyrrole nitrogens is 1. The molecule has 3 rings (SSSR count). The Balaban J connectivity index is 1.49. The van der Waals surface area contributed by atoms with Gasteiger partial charge in [-0.05, 0) is 48.9 Å². The number of imidazole rings is 1. The van der Waals surface area contributed by atoms with Crippen molar-refractivity contribution < 1.29 is 24.9 Å². The number of aliphatic carboxylic acids is 1. The van der Waals surface area contributed by atoms with Crippen molar-refractivity contribution in [3.63, 3.8) is 0 Å². The van der Waals surface area contributed by atoms with Gasteiger partial charge in [0.05, 0.1) is 11.8 Å². The Morgan fingerprint density at radius 3 is 2.41 bits per heavy atom. The van der Waals surface area contributed by atoms with E-state index in [1.54, 1.807) is 12.1 Å². The zero-order chi connectivity index (χ0) is 24.3. The van der Waals surface area contributed by atoms with E-state index in [4.69, 9.17) is 9.84 Å².